The molecule has 0 spiro atoms. The zero-order chi connectivity index (χ0) is 13.7. The Balaban J connectivity index is 2.31. The summed E-state index contributed by atoms with van der Waals surface area (Å²) < 4.78 is 0. The van der Waals surface area contributed by atoms with Crippen LogP contribution in [0.5, 0.6) is 0 Å². The second-order valence-electron chi connectivity index (χ2n) is 6.75. The van der Waals surface area contributed by atoms with Crippen molar-refractivity contribution in [2.75, 3.05) is 13.1 Å². The maximum absolute atomic E-state index is 3.80. The molecular formula is C16H34N2. The lowest BCUT2D eigenvalue weighted by atomic mass is 9.78. The van der Waals surface area contributed by atoms with Gasteiger partial charge in [-0.15, -0.1) is 0 Å². The molecule has 0 aliphatic heterocycles. The lowest BCUT2D eigenvalue weighted by molar-refractivity contribution is 0.159. The van der Waals surface area contributed by atoms with Crippen LogP contribution < -0.4 is 5.32 Å². The van der Waals surface area contributed by atoms with Gasteiger partial charge in [0.15, 0.2) is 0 Å². The topological polar surface area (TPSA) is 15.3 Å². The Morgan fingerprint density at radius 3 is 2.22 bits per heavy atom. The van der Waals surface area contributed by atoms with Crippen molar-refractivity contribution in [3.05, 3.63) is 0 Å². The summed E-state index contributed by atoms with van der Waals surface area (Å²) in [6.45, 7) is 16.3. The van der Waals surface area contributed by atoms with Crippen molar-refractivity contribution in [3.8, 4) is 0 Å². The van der Waals surface area contributed by atoms with Gasteiger partial charge in [-0.05, 0) is 46.0 Å². The first-order valence-electron chi connectivity index (χ1n) is 7.92. The number of nitrogens with zero attached hydrogens (tertiary/aromatic N) is 1. The summed E-state index contributed by atoms with van der Waals surface area (Å²) in [5, 5.41) is 3.80. The molecule has 1 aliphatic rings. The van der Waals surface area contributed by atoms with Crippen molar-refractivity contribution in [2.24, 2.45) is 11.8 Å². The number of nitrogens with one attached hydrogen (secondary N) is 1. The molecule has 1 aliphatic carbocycles. The molecule has 0 heterocycles. The van der Waals surface area contributed by atoms with Gasteiger partial charge in [-0.2, -0.15) is 0 Å². The largest absolute Gasteiger partial charge is 0.312 e. The maximum Gasteiger partial charge on any atom is 0.0112 e. The van der Waals surface area contributed by atoms with Crippen LogP contribution in [-0.4, -0.2) is 36.1 Å². The Labute approximate surface area is 115 Å². The lowest BCUT2D eigenvalue weighted by Gasteiger charge is -2.36. The van der Waals surface area contributed by atoms with Gasteiger partial charge in [0.25, 0.3) is 0 Å². The Morgan fingerprint density at radius 1 is 1.06 bits per heavy atom. The molecule has 3 unspecified atom stereocenters. The summed E-state index contributed by atoms with van der Waals surface area (Å²) in [5.74, 6) is 1.73. The van der Waals surface area contributed by atoms with Crippen LogP contribution in [0.4, 0.5) is 0 Å². The van der Waals surface area contributed by atoms with E-state index in [1.807, 2.05) is 0 Å². The summed E-state index contributed by atoms with van der Waals surface area (Å²) >= 11 is 0. The fraction of sp³-hybridized carbons (Fsp3) is 1.00. The molecule has 0 amide bonds. The van der Waals surface area contributed by atoms with E-state index in [1.165, 1.54) is 25.8 Å². The molecule has 1 rings (SSSR count). The summed E-state index contributed by atoms with van der Waals surface area (Å²) in [7, 11) is 0. The van der Waals surface area contributed by atoms with Crippen molar-refractivity contribution < 1.29 is 0 Å². The van der Waals surface area contributed by atoms with Crippen LogP contribution in [-0.2, 0) is 0 Å². The van der Waals surface area contributed by atoms with Gasteiger partial charge in [-0.3, -0.25) is 4.90 Å². The lowest BCUT2D eigenvalue weighted by Crippen LogP contribution is -2.46. The molecule has 108 valence electrons. The molecule has 0 aromatic carbocycles. The van der Waals surface area contributed by atoms with E-state index in [-0.39, 0.29) is 0 Å². The highest BCUT2D eigenvalue weighted by molar-refractivity contribution is 4.82. The molecule has 0 saturated heterocycles. The zero-order valence-electron chi connectivity index (χ0n) is 13.4. The molecule has 2 nitrogen and oxygen atoms in total. The first-order valence-corrected chi connectivity index (χ1v) is 7.92. The SMILES string of the molecule is CC1CCCC(NCCN(C(C)C)C(C)C)C1C. The van der Waals surface area contributed by atoms with E-state index in [0.29, 0.717) is 12.1 Å². The van der Waals surface area contributed by atoms with E-state index in [4.69, 9.17) is 0 Å². The van der Waals surface area contributed by atoms with Crippen molar-refractivity contribution in [2.45, 2.75) is 78.9 Å². The third-order valence-electron chi connectivity index (χ3n) is 4.81. The Kier molecular flexibility index (Phi) is 6.65. The Morgan fingerprint density at radius 2 is 1.67 bits per heavy atom. The van der Waals surface area contributed by atoms with E-state index >= 15 is 0 Å². The standard InChI is InChI=1S/C16H34N2/c1-12(2)18(13(3)4)11-10-17-16-9-7-8-14(5)15(16)6/h12-17H,7-11H2,1-6H3. The normalized spacial score (nSPS) is 29.5. The zero-order valence-corrected chi connectivity index (χ0v) is 13.4. The van der Waals surface area contributed by atoms with Gasteiger partial charge in [-0.1, -0.05) is 26.7 Å². The van der Waals surface area contributed by atoms with Crippen LogP contribution in [0.15, 0.2) is 0 Å². The van der Waals surface area contributed by atoms with Crippen LogP contribution >= 0.6 is 0 Å². The van der Waals surface area contributed by atoms with Gasteiger partial charge < -0.3 is 5.32 Å². The van der Waals surface area contributed by atoms with Crippen LogP contribution in [0.25, 0.3) is 0 Å². The molecule has 2 heteroatoms. The smallest absolute Gasteiger partial charge is 0.0112 e. The second-order valence-corrected chi connectivity index (χ2v) is 6.75. The van der Waals surface area contributed by atoms with E-state index in [9.17, 15) is 0 Å². The highest BCUT2D eigenvalue weighted by Gasteiger charge is 2.26. The number of rotatable bonds is 6. The highest BCUT2D eigenvalue weighted by Crippen LogP contribution is 2.29. The summed E-state index contributed by atoms with van der Waals surface area (Å²) in [6, 6.07) is 2.04. The van der Waals surface area contributed by atoms with Gasteiger partial charge in [-0.25, -0.2) is 0 Å². The quantitative estimate of drug-likeness (QED) is 0.780. The molecule has 0 bridgehead atoms. The second kappa shape index (κ2) is 7.49. The molecule has 1 saturated carbocycles. The minimum atomic E-state index is 0.648. The van der Waals surface area contributed by atoms with Gasteiger partial charge in [0.05, 0.1) is 0 Å². The Hall–Kier alpha value is -0.0800. The van der Waals surface area contributed by atoms with Crippen molar-refractivity contribution in [3.63, 3.8) is 0 Å². The predicted octanol–water partition coefficient (Wildman–Crippen LogP) is 3.52. The molecule has 0 aromatic rings. The molecule has 0 aromatic heterocycles. The van der Waals surface area contributed by atoms with Crippen molar-refractivity contribution in [1.29, 1.82) is 0 Å². The average Bonchev–Trinajstić information content (AvgIpc) is 2.28. The fourth-order valence-corrected chi connectivity index (χ4v) is 3.36. The minimum Gasteiger partial charge on any atom is -0.312 e. The molecule has 0 radical (unpaired) electrons. The van der Waals surface area contributed by atoms with Gasteiger partial charge in [0, 0.05) is 31.2 Å². The molecule has 18 heavy (non-hydrogen) atoms. The third-order valence-corrected chi connectivity index (χ3v) is 4.81. The van der Waals surface area contributed by atoms with E-state index in [0.717, 1.165) is 24.4 Å². The van der Waals surface area contributed by atoms with Gasteiger partial charge >= 0.3 is 0 Å². The number of hydrogen-bond acceptors (Lipinski definition) is 2. The molecule has 3 atom stereocenters. The highest BCUT2D eigenvalue weighted by atomic mass is 15.2. The first-order chi connectivity index (χ1) is 8.43. The van der Waals surface area contributed by atoms with Gasteiger partial charge in [0.1, 0.15) is 0 Å². The summed E-state index contributed by atoms with van der Waals surface area (Å²) in [4.78, 5) is 2.57. The maximum atomic E-state index is 3.80. The molecule has 1 N–H and O–H groups in total. The van der Waals surface area contributed by atoms with Crippen LogP contribution in [0.1, 0.15) is 60.8 Å². The predicted molar refractivity (Wildman–Crippen MR) is 80.9 cm³/mol. The fourth-order valence-electron chi connectivity index (χ4n) is 3.36. The van der Waals surface area contributed by atoms with E-state index in [1.54, 1.807) is 0 Å². The molecular weight excluding hydrogens is 220 g/mol. The van der Waals surface area contributed by atoms with Gasteiger partial charge in [0.2, 0.25) is 0 Å². The monoisotopic (exact) mass is 254 g/mol. The van der Waals surface area contributed by atoms with Crippen molar-refractivity contribution in [1.82, 2.24) is 10.2 Å². The summed E-state index contributed by atoms with van der Waals surface area (Å²) in [5.41, 5.74) is 0. The number of hydrogen-bond donors (Lipinski definition) is 1. The summed E-state index contributed by atoms with van der Waals surface area (Å²) in [6.07, 6.45) is 4.19. The third kappa shape index (κ3) is 4.55. The average molecular weight is 254 g/mol. The minimum absolute atomic E-state index is 0.648. The van der Waals surface area contributed by atoms with Crippen LogP contribution in [0, 0.1) is 11.8 Å². The van der Waals surface area contributed by atoms with E-state index in [2.05, 4.69) is 51.8 Å². The Bertz CT molecular complexity index is 217. The van der Waals surface area contributed by atoms with Crippen LogP contribution in [0.2, 0.25) is 0 Å². The first kappa shape index (κ1) is 16.0. The van der Waals surface area contributed by atoms with Crippen LogP contribution in [0.3, 0.4) is 0 Å². The van der Waals surface area contributed by atoms with Crippen molar-refractivity contribution >= 4 is 0 Å². The van der Waals surface area contributed by atoms with E-state index < -0.39 is 0 Å². The molecule has 1 fully saturated rings.